The maximum Gasteiger partial charge on any atom is 0.265 e. The van der Waals surface area contributed by atoms with Gasteiger partial charge in [-0.1, -0.05) is 67.4 Å². The van der Waals surface area contributed by atoms with Gasteiger partial charge in [-0.25, -0.2) is 0 Å². The van der Waals surface area contributed by atoms with Crippen LogP contribution in [-0.2, 0) is 9.59 Å². The van der Waals surface area contributed by atoms with Crippen LogP contribution in [0.3, 0.4) is 0 Å². The van der Waals surface area contributed by atoms with Crippen molar-refractivity contribution in [1.29, 1.82) is 0 Å². The summed E-state index contributed by atoms with van der Waals surface area (Å²) in [5.41, 5.74) is 1.64. The molecule has 30 heavy (non-hydrogen) atoms. The number of rotatable bonds is 4. The molecule has 156 valence electrons. The van der Waals surface area contributed by atoms with E-state index in [0.29, 0.717) is 15.8 Å². The first-order chi connectivity index (χ1) is 14.5. The van der Waals surface area contributed by atoms with Gasteiger partial charge in [-0.3, -0.25) is 14.5 Å². The number of fused-ring (bicyclic) bond motifs is 1. The Kier molecular flexibility index (Phi) is 6.49. The van der Waals surface area contributed by atoms with Crippen LogP contribution >= 0.6 is 23.4 Å². The zero-order valence-corrected chi connectivity index (χ0v) is 18.5. The number of thioether (sulfide) groups is 1. The molecule has 2 atom stereocenters. The maximum atomic E-state index is 13.3. The van der Waals surface area contributed by atoms with Crippen molar-refractivity contribution < 1.29 is 9.59 Å². The van der Waals surface area contributed by atoms with Crippen molar-refractivity contribution in [1.82, 2.24) is 5.32 Å². The molecule has 6 heteroatoms. The van der Waals surface area contributed by atoms with E-state index >= 15 is 0 Å². The SMILES string of the molecule is CC1CCCCC1NC(=O)CN1C(=O)/C(=C\c2cccc(Cl)c2)Sc2ccccc21. The number of halogens is 1. The van der Waals surface area contributed by atoms with Crippen molar-refractivity contribution in [3.8, 4) is 0 Å². The topological polar surface area (TPSA) is 49.4 Å². The van der Waals surface area contributed by atoms with E-state index in [1.807, 2.05) is 48.5 Å². The van der Waals surface area contributed by atoms with Gasteiger partial charge in [0.05, 0.1) is 10.6 Å². The molecule has 2 unspecified atom stereocenters. The fraction of sp³-hybridized carbons (Fsp3) is 0.333. The predicted octanol–water partition coefficient (Wildman–Crippen LogP) is 5.51. The van der Waals surface area contributed by atoms with Gasteiger partial charge in [0.2, 0.25) is 5.91 Å². The van der Waals surface area contributed by atoms with Gasteiger partial charge >= 0.3 is 0 Å². The molecule has 1 saturated carbocycles. The van der Waals surface area contributed by atoms with Gasteiger partial charge in [0, 0.05) is 16.0 Å². The van der Waals surface area contributed by atoms with Gasteiger partial charge in [0.15, 0.2) is 0 Å². The molecule has 0 aromatic heterocycles. The fourth-order valence-corrected chi connectivity index (χ4v) is 5.35. The number of hydrogen-bond donors (Lipinski definition) is 1. The molecule has 1 aliphatic carbocycles. The largest absolute Gasteiger partial charge is 0.352 e. The van der Waals surface area contributed by atoms with Crippen LogP contribution in [0, 0.1) is 5.92 Å². The van der Waals surface area contributed by atoms with Gasteiger partial charge in [-0.15, -0.1) is 0 Å². The van der Waals surface area contributed by atoms with Crippen molar-refractivity contribution in [3.63, 3.8) is 0 Å². The Balaban J connectivity index is 1.57. The summed E-state index contributed by atoms with van der Waals surface area (Å²) in [5, 5.41) is 3.78. The van der Waals surface area contributed by atoms with E-state index in [1.54, 1.807) is 11.0 Å². The monoisotopic (exact) mass is 440 g/mol. The van der Waals surface area contributed by atoms with Crippen LogP contribution < -0.4 is 10.2 Å². The minimum atomic E-state index is -0.162. The fourth-order valence-electron chi connectivity index (χ4n) is 4.09. The van der Waals surface area contributed by atoms with Gasteiger partial charge < -0.3 is 5.32 Å². The average molecular weight is 441 g/mol. The van der Waals surface area contributed by atoms with Gasteiger partial charge in [0.1, 0.15) is 6.54 Å². The second-order valence-corrected chi connectivity index (χ2v) is 9.48. The molecule has 2 aliphatic rings. The van der Waals surface area contributed by atoms with Crippen molar-refractivity contribution in [2.45, 2.75) is 43.5 Å². The van der Waals surface area contributed by atoms with E-state index in [0.717, 1.165) is 35.4 Å². The Bertz CT molecular complexity index is 991. The Hall–Kier alpha value is -2.24. The third kappa shape index (κ3) is 4.73. The quantitative estimate of drug-likeness (QED) is 0.637. The van der Waals surface area contributed by atoms with Crippen LogP contribution in [0.4, 0.5) is 5.69 Å². The third-order valence-electron chi connectivity index (χ3n) is 5.74. The van der Waals surface area contributed by atoms with Crippen LogP contribution in [0.15, 0.2) is 58.3 Å². The maximum absolute atomic E-state index is 13.3. The molecule has 0 spiro atoms. The highest BCUT2D eigenvalue weighted by atomic mass is 35.5. The Morgan fingerprint density at radius 1 is 1.20 bits per heavy atom. The zero-order chi connectivity index (χ0) is 21.1. The minimum absolute atomic E-state index is 0.0203. The number of anilines is 1. The molecule has 4 rings (SSSR count). The zero-order valence-electron chi connectivity index (χ0n) is 16.9. The lowest BCUT2D eigenvalue weighted by Gasteiger charge is -2.32. The van der Waals surface area contributed by atoms with Crippen LogP contribution in [0.1, 0.15) is 38.2 Å². The lowest BCUT2D eigenvalue weighted by molar-refractivity contribution is -0.123. The first-order valence-corrected chi connectivity index (χ1v) is 11.6. The second-order valence-electron chi connectivity index (χ2n) is 7.96. The Labute approximate surface area is 186 Å². The summed E-state index contributed by atoms with van der Waals surface area (Å²) in [6.07, 6.45) is 6.35. The number of carbonyl (C=O) groups excluding carboxylic acids is 2. The molecule has 2 aromatic rings. The van der Waals surface area contributed by atoms with Crippen molar-refractivity contribution >= 4 is 46.9 Å². The second kappa shape index (κ2) is 9.27. The first-order valence-electron chi connectivity index (χ1n) is 10.4. The molecule has 2 amide bonds. The highest BCUT2D eigenvalue weighted by Gasteiger charge is 2.31. The summed E-state index contributed by atoms with van der Waals surface area (Å²) in [7, 11) is 0. The average Bonchev–Trinajstić information content (AvgIpc) is 2.73. The molecular formula is C24H25ClN2O2S. The number of nitrogens with one attached hydrogen (secondary N) is 1. The molecule has 1 N–H and O–H groups in total. The molecule has 1 fully saturated rings. The summed E-state index contributed by atoms with van der Waals surface area (Å²) in [5.74, 6) is 0.206. The molecule has 0 radical (unpaired) electrons. The Morgan fingerprint density at radius 3 is 2.80 bits per heavy atom. The molecule has 1 heterocycles. The van der Waals surface area contributed by atoms with E-state index in [2.05, 4.69) is 12.2 Å². The molecule has 0 saturated heterocycles. The molecule has 1 aliphatic heterocycles. The van der Waals surface area contributed by atoms with E-state index in [-0.39, 0.29) is 24.4 Å². The van der Waals surface area contributed by atoms with E-state index in [1.165, 1.54) is 18.2 Å². The number of hydrogen-bond acceptors (Lipinski definition) is 3. The summed E-state index contributed by atoms with van der Waals surface area (Å²) < 4.78 is 0. The normalized spacial score (nSPS) is 22.7. The summed E-state index contributed by atoms with van der Waals surface area (Å²) >= 11 is 7.53. The molecule has 2 aromatic carbocycles. The van der Waals surface area contributed by atoms with E-state index in [9.17, 15) is 9.59 Å². The van der Waals surface area contributed by atoms with Crippen LogP contribution in [-0.4, -0.2) is 24.4 Å². The number of nitrogens with zero attached hydrogens (tertiary/aromatic N) is 1. The molecule has 0 bridgehead atoms. The van der Waals surface area contributed by atoms with Gasteiger partial charge in [-0.2, -0.15) is 0 Å². The van der Waals surface area contributed by atoms with Crippen LogP contribution in [0.25, 0.3) is 6.08 Å². The van der Waals surface area contributed by atoms with Crippen LogP contribution in [0.5, 0.6) is 0 Å². The van der Waals surface area contributed by atoms with Gasteiger partial charge in [0.25, 0.3) is 5.91 Å². The smallest absolute Gasteiger partial charge is 0.265 e. The highest BCUT2D eigenvalue weighted by Crippen LogP contribution is 2.42. The minimum Gasteiger partial charge on any atom is -0.352 e. The number of carbonyl (C=O) groups is 2. The Morgan fingerprint density at radius 2 is 2.00 bits per heavy atom. The van der Waals surface area contributed by atoms with E-state index in [4.69, 9.17) is 11.6 Å². The van der Waals surface area contributed by atoms with Crippen LogP contribution in [0.2, 0.25) is 5.02 Å². The molecular weight excluding hydrogens is 416 g/mol. The lowest BCUT2D eigenvalue weighted by atomic mass is 9.86. The van der Waals surface area contributed by atoms with Crippen molar-refractivity contribution in [2.75, 3.05) is 11.4 Å². The van der Waals surface area contributed by atoms with Crippen molar-refractivity contribution in [3.05, 3.63) is 64.0 Å². The number of amides is 2. The summed E-state index contributed by atoms with van der Waals surface area (Å²) in [4.78, 5) is 29.3. The highest BCUT2D eigenvalue weighted by molar-refractivity contribution is 8.04. The molecule has 4 nitrogen and oxygen atoms in total. The summed E-state index contributed by atoms with van der Waals surface area (Å²) in [6, 6.07) is 15.3. The number of benzene rings is 2. The third-order valence-corrected chi connectivity index (χ3v) is 7.05. The lowest BCUT2D eigenvalue weighted by Crippen LogP contribution is -2.48. The number of para-hydroxylation sites is 1. The van der Waals surface area contributed by atoms with Gasteiger partial charge in [-0.05, 0) is 54.7 Å². The predicted molar refractivity (Wildman–Crippen MR) is 124 cm³/mol. The first kappa shape index (κ1) is 21.0. The standard InChI is InChI=1S/C24H25ClN2O2S/c1-16-7-2-3-10-19(16)26-23(28)15-27-20-11-4-5-12-21(20)30-22(24(27)29)14-17-8-6-9-18(25)13-17/h4-6,8-9,11-14,16,19H,2-3,7,10,15H2,1H3,(H,26,28)/b22-14+. The van der Waals surface area contributed by atoms with E-state index < -0.39 is 0 Å². The van der Waals surface area contributed by atoms with Crippen molar-refractivity contribution in [2.24, 2.45) is 5.92 Å². The summed E-state index contributed by atoms with van der Waals surface area (Å²) in [6.45, 7) is 2.21.